The zero-order chi connectivity index (χ0) is 26.3. The van der Waals surface area contributed by atoms with Gasteiger partial charge >= 0.3 is 7.82 Å². The van der Waals surface area contributed by atoms with Crippen LogP contribution in [-0.2, 0) is 18.3 Å². The quantitative estimate of drug-likeness (QED) is 0.0455. The van der Waals surface area contributed by atoms with Crippen LogP contribution in [0.5, 0.6) is 0 Å². The maximum Gasteiger partial charge on any atom is 0.472 e. The van der Waals surface area contributed by atoms with Crippen LogP contribution < -0.4 is 0 Å². The Labute approximate surface area is 215 Å². The van der Waals surface area contributed by atoms with E-state index in [4.69, 9.17) is 13.8 Å². The van der Waals surface area contributed by atoms with Gasteiger partial charge in [0.2, 0.25) is 0 Å². The van der Waals surface area contributed by atoms with Gasteiger partial charge in [0, 0.05) is 0 Å². The molecule has 2 N–H and O–H groups in total. The molecule has 2 atom stereocenters. The van der Waals surface area contributed by atoms with E-state index in [2.05, 4.69) is 19.1 Å². The first-order valence-corrected chi connectivity index (χ1v) is 15.2. The second-order valence-corrected chi connectivity index (χ2v) is 11.8. The third-order valence-electron chi connectivity index (χ3n) is 5.56. The molecular weight excluding hydrogens is 465 g/mol. The molecule has 0 amide bonds. The number of aliphatic hydroxyl groups is 1. The molecule has 35 heavy (non-hydrogen) atoms. The first-order chi connectivity index (χ1) is 16.7. The van der Waals surface area contributed by atoms with Crippen LogP contribution in [0.2, 0.25) is 0 Å². The molecule has 0 aromatic heterocycles. The lowest BCUT2D eigenvalue weighted by Gasteiger charge is -2.24. The average Bonchev–Trinajstić information content (AvgIpc) is 2.78. The highest BCUT2D eigenvalue weighted by Crippen LogP contribution is 2.43. The van der Waals surface area contributed by atoms with Crippen LogP contribution in [0, 0.1) is 0 Å². The topological polar surface area (TPSA) is 85.2 Å². The Hall–Kier alpha value is -0.690. The summed E-state index contributed by atoms with van der Waals surface area (Å²) in [6, 6.07) is 0. The molecule has 208 valence electrons. The van der Waals surface area contributed by atoms with Crippen molar-refractivity contribution in [1.82, 2.24) is 0 Å². The smallest absolute Gasteiger partial charge is 0.472 e. The maximum absolute atomic E-state index is 11.8. The van der Waals surface area contributed by atoms with Crippen molar-refractivity contribution in [3.8, 4) is 0 Å². The molecule has 0 spiro atoms. The van der Waals surface area contributed by atoms with Crippen LogP contribution in [0.1, 0.15) is 96.8 Å². The van der Waals surface area contributed by atoms with Crippen LogP contribution in [0.25, 0.3) is 0 Å². The molecular formula is C27H55NO6P+. The minimum atomic E-state index is -4.16. The van der Waals surface area contributed by atoms with Crippen LogP contribution in [0.4, 0.5) is 0 Å². The monoisotopic (exact) mass is 520 g/mol. The Bertz CT molecular complexity index is 577. The molecule has 0 aliphatic heterocycles. The van der Waals surface area contributed by atoms with Crippen LogP contribution in [0.3, 0.4) is 0 Å². The lowest BCUT2D eigenvalue weighted by molar-refractivity contribution is -0.870. The van der Waals surface area contributed by atoms with Crippen molar-refractivity contribution in [1.29, 1.82) is 0 Å². The molecule has 0 aromatic rings. The second kappa shape index (κ2) is 22.5. The van der Waals surface area contributed by atoms with Gasteiger partial charge < -0.3 is 19.2 Å². The summed E-state index contributed by atoms with van der Waals surface area (Å²) >= 11 is 0. The Morgan fingerprint density at radius 2 is 1.29 bits per heavy atom. The van der Waals surface area contributed by atoms with Crippen LogP contribution >= 0.6 is 7.82 Å². The highest BCUT2D eigenvalue weighted by atomic mass is 31.2. The second-order valence-electron chi connectivity index (χ2n) is 10.3. The van der Waals surface area contributed by atoms with Gasteiger partial charge in [0.1, 0.15) is 25.9 Å². The number of rotatable bonds is 25. The van der Waals surface area contributed by atoms with E-state index in [1.807, 2.05) is 27.2 Å². The number of nitrogens with zero attached hydrogens (tertiary/aromatic N) is 1. The van der Waals surface area contributed by atoms with Gasteiger partial charge in [-0.15, -0.1) is 0 Å². The zero-order valence-corrected chi connectivity index (χ0v) is 23.9. The average molecular weight is 521 g/mol. The number of allylic oxidation sites excluding steroid dienone is 3. The molecule has 8 heteroatoms. The minimum Gasteiger partial charge on any atom is -0.499 e. The van der Waals surface area contributed by atoms with Crippen molar-refractivity contribution in [2.24, 2.45) is 0 Å². The van der Waals surface area contributed by atoms with Gasteiger partial charge in [-0.3, -0.25) is 9.05 Å². The molecule has 0 heterocycles. The predicted molar refractivity (Wildman–Crippen MR) is 145 cm³/mol. The summed E-state index contributed by atoms with van der Waals surface area (Å²) < 4.78 is 27.4. The number of phosphoric ester groups is 1. The summed E-state index contributed by atoms with van der Waals surface area (Å²) in [6.07, 6.45) is 24.9. The largest absolute Gasteiger partial charge is 0.499 e. The summed E-state index contributed by atoms with van der Waals surface area (Å²) in [5.74, 6) is 0. The third kappa shape index (κ3) is 27.7. The van der Waals surface area contributed by atoms with E-state index >= 15 is 0 Å². The number of unbranched alkanes of at least 4 members (excludes halogenated alkanes) is 12. The minimum absolute atomic E-state index is 0.00340. The Kier molecular flexibility index (Phi) is 22.1. The first-order valence-electron chi connectivity index (χ1n) is 13.7. The van der Waals surface area contributed by atoms with Crippen molar-refractivity contribution in [2.75, 3.05) is 47.5 Å². The molecule has 7 nitrogen and oxygen atoms in total. The van der Waals surface area contributed by atoms with Crippen molar-refractivity contribution < 1.29 is 32.8 Å². The zero-order valence-electron chi connectivity index (χ0n) is 23.0. The van der Waals surface area contributed by atoms with Gasteiger partial charge in [0.25, 0.3) is 0 Å². The Morgan fingerprint density at radius 3 is 1.83 bits per heavy atom. The molecule has 1 unspecified atom stereocenters. The first kappa shape index (κ1) is 34.3. The lowest BCUT2D eigenvalue weighted by Crippen LogP contribution is -2.37. The number of phosphoric acid groups is 1. The fourth-order valence-corrected chi connectivity index (χ4v) is 4.08. The van der Waals surface area contributed by atoms with Crippen molar-refractivity contribution >= 4 is 7.82 Å². The highest BCUT2D eigenvalue weighted by molar-refractivity contribution is 7.47. The van der Waals surface area contributed by atoms with Crippen molar-refractivity contribution in [3.05, 3.63) is 24.5 Å². The molecule has 0 saturated carbocycles. The van der Waals surface area contributed by atoms with E-state index in [1.165, 1.54) is 77.0 Å². The fourth-order valence-electron chi connectivity index (χ4n) is 3.33. The number of hydrogen-bond donors (Lipinski definition) is 2. The fraction of sp³-hybridized carbons (Fsp3) is 0.852. The molecule has 0 fully saturated rings. The van der Waals surface area contributed by atoms with Crippen LogP contribution in [0.15, 0.2) is 24.5 Å². The molecule has 0 saturated heterocycles. The summed E-state index contributed by atoms with van der Waals surface area (Å²) in [4.78, 5) is 9.63. The summed E-state index contributed by atoms with van der Waals surface area (Å²) in [7, 11) is 1.71. The van der Waals surface area contributed by atoms with Crippen LogP contribution in [-0.4, -0.2) is 68.1 Å². The Balaban J connectivity index is 3.49. The van der Waals surface area contributed by atoms with Gasteiger partial charge in [-0.25, -0.2) is 4.57 Å². The van der Waals surface area contributed by atoms with E-state index < -0.39 is 13.9 Å². The van der Waals surface area contributed by atoms with Gasteiger partial charge in [-0.05, 0) is 44.6 Å². The van der Waals surface area contributed by atoms with E-state index in [-0.39, 0.29) is 19.8 Å². The van der Waals surface area contributed by atoms with E-state index in [0.29, 0.717) is 11.0 Å². The van der Waals surface area contributed by atoms with E-state index in [9.17, 15) is 14.6 Å². The van der Waals surface area contributed by atoms with E-state index in [1.54, 1.807) is 6.26 Å². The normalized spacial score (nSPS) is 15.1. The SMILES string of the molecule is CCCCCC/C=C\CCCCCCCCC/C=C\OC[C@@H](O)COP(=O)(O)OCC[N+](C)(C)C. The van der Waals surface area contributed by atoms with Crippen molar-refractivity contribution in [2.45, 2.75) is 103 Å². The summed E-state index contributed by atoms with van der Waals surface area (Å²) in [6.45, 7) is 2.61. The van der Waals surface area contributed by atoms with E-state index in [0.717, 1.165) is 12.8 Å². The Morgan fingerprint density at radius 1 is 0.771 bits per heavy atom. The number of hydrogen-bond acceptors (Lipinski definition) is 5. The van der Waals surface area contributed by atoms with Gasteiger partial charge in [-0.1, -0.05) is 70.4 Å². The molecule has 0 bridgehead atoms. The maximum atomic E-state index is 11.8. The molecule has 0 aliphatic carbocycles. The third-order valence-corrected chi connectivity index (χ3v) is 6.54. The summed E-state index contributed by atoms with van der Waals surface area (Å²) in [5, 5.41) is 9.83. The molecule has 0 radical (unpaired) electrons. The number of likely N-dealkylation sites (N-methyl/N-ethyl adjacent to an activating group) is 1. The number of quaternary nitrogens is 1. The standard InChI is InChI=1S/C27H54NO6P/c1-5-6-7-8-9-10-11-12-13-14-15-16-17-18-19-20-21-23-32-25-27(29)26-34-35(30,31)33-24-22-28(2,3)4/h10-11,21,23,27,29H,5-9,12-20,22,24-26H2,1-4H3/p+1/b11-10-,23-21-/t27-/m1/s1. The summed E-state index contributed by atoms with van der Waals surface area (Å²) in [5.41, 5.74) is 0. The van der Waals surface area contributed by atoms with Gasteiger partial charge in [0.15, 0.2) is 0 Å². The van der Waals surface area contributed by atoms with Gasteiger partial charge in [0.05, 0.1) is 34.0 Å². The highest BCUT2D eigenvalue weighted by Gasteiger charge is 2.24. The predicted octanol–water partition coefficient (Wildman–Crippen LogP) is 6.75. The molecule has 0 rings (SSSR count). The number of aliphatic hydroxyl groups excluding tert-OH is 1. The van der Waals surface area contributed by atoms with Gasteiger partial charge in [-0.2, -0.15) is 0 Å². The molecule has 0 aromatic carbocycles. The van der Waals surface area contributed by atoms with Crippen molar-refractivity contribution in [3.63, 3.8) is 0 Å². The number of ether oxygens (including phenoxy) is 1. The lowest BCUT2D eigenvalue weighted by atomic mass is 10.1. The molecule has 0 aliphatic rings.